The summed E-state index contributed by atoms with van der Waals surface area (Å²) in [5, 5.41) is 11.5. The molecule has 0 aliphatic carbocycles. The van der Waals surface area contributed by atoms with Crippen LogP contribution in [0.4, 0.5) is 0 Å². The second kappa shape index (κ2) is 10.9. The van der Waals surface area contributed by atoms with Crippen molar-refractivity contribution in [3.63, 3.8) is 0 Å². The summed E-state index contributed by atoms with van der Waals surface area (Å²) in [5.74, 6) is -0.943. The van der Waals surface area contributed by atoms with Gasteiger partial charge in [0.15, 0.2) is 5.75 Å². The van der Waals surface area contributed by atoms with Gasteiger partial charge in [0, 0.05) is 25.8 Å². The molecular formula is C24H25Cl2NO6. The third kappa shape index (κ3) is 5.11. The van der Waals surface area contributed by atoms with E-state index in [2.05, 4.69) is 0 Å². The predicted molar refractivity (Wildman–Crippen MR) is 126 cm³/mol. The van der Waals surface area contributed by atoms with Crippen LogP contribution in [0.1, 0.15) is 30.5 Å². The highest BCUT2D eigenvalue weighted by molar-refractivity contribution is 6.46. The Hall–Kier alpha value is -2.74. The Kier molecular flexibility index (Phi) is 8.24. The normalized spacial score (nSPS) is 17.5. The Morgan fingerprint density at radius 1 is 1.09 bits per heavy atom. The van der Waals surface area contributed by atoms with Crippen LogP contribution in [-0.2, 0) is 14.3 Å². The number of nitrogens with zero attached hydrogens (tertiary/aromatic N) is 1. The van der Waals surface area contributed by atoms with E-state index in [4.69, 9.17) is 37.4 Å². The maximum Gasteiger partial charge on any atom is 0.295 e. The highest BCUT2D eigenvalue weighted by Gasteiger charge is 2.45. The van der Waals surface area contributed by atoms with Gasteiger partial charge in [0.2, 0.25) is 0 Å². The number of carbonyl (C=O) groups excluding carboxylic acids is 2. The van der Waals surface area contributed by atoms with Gasteiger partial charge in [0.1, 0.15) is 11.5 Å². The second-order valence-electron chi connectivity index (χ2n) is 7.31. The molecule has 1 aliphatic heterocycles. The van der Waals surface area contributed by atoms with Gasteiger partial charge in [-0.2, -0.15) is 0 Å². The molecule has 1 heterocycles. The third-order valence-corrected chi connectivity index (χ3v) is 5.83. The molecule has 33 heavy (non-hydrogen) atoms. The molecule has 2 aromatic rings. The minimum absolute atomic E-state index is 0.0427. The zero-order chi connectivity index (χ0) is 24.1. The lowest BCUT2D eigenvalue weighted by atomic mass is 9.95. The molecule has 9 heteroatoms. The maximum absolute atomic E-state index is 13.1. The van der Waals surface area contributed by atoms with Crippen LogP contribution in [0.25, 0.3) is 5.76 Å². The quantitative estimate of drug-likeness (QED) is 0.232. The first-order valence-corrected chi connectivity index (χ1v) is 11.1. The van der Waals surface area contributed by atoms with Crippen LogP contribution >= 0.6 is 23.2 Å². The summed E-state index contributed by atoms with van der Waals surface area (Å²) in [4.78, 5) is 27.4. The Morgan fingerprint density at radius 3 is 2.27 bits per heavy atom. The first-order chi connectivity index (χ1) is 15.8. The molecule has 3 rings (SSSR count). The summed E-state index contributed by atoms with van der Waals surface area (Å²) in [5.41, 5.74) is 0.817. The molecule has 0 radical (unpaired) electrons. The average molecular weight is 494 g/mol. The first-order valence-electron chi connectivity index (χ1n) is 10.4. The number of aliphatic hydroxyl groups is 1. The monoisotopic (exact) mass is 493 g/mol. The smallest absolute Gasteiger partial charge is 0.295 e. The fourth-order valence-corrected chi connectivity index (χ4v) is 4.44. The molecule has 1 saturated heterocycles. The van der Waals surface area contributed by atoms with E-state index < -0.39 is 17.7 Å². The van der Waals surface area contributed by atoms with Crippen molar-refractivity contribution in [3.05, 3.63) is 63.1 Å². The van der Waals surface area contributed by atoms with E-state index >= 15 is 0 Å². The van der Waals surface area contributed by atoms with E-state index in [0.717, 1.165) is 0 Å². The predicted octanol–water partition coefficient (Wildman–Crippen LogP) is 4.86. The molecule has 1 amide bonds. The van der Waals surface area contributed by atoms with Crippen molar-refractivity contribution < 1.29 is 28.9 Å². The Bertz CT molecular complexity index is 1040. The lowest BCUT2D eigenvalue weighted by Gasteiger charge is -2.25. The number of likely N-dealkylation sites (tertiary alicyclic amines) is 1. The van der Waals surface area contributed by atoms with Crippen LogP contribution in [0.15, 0.2) is 42.0 Å². The molecule has 0 aromatic heterocycles. The fraction of sp³-hybridized carbons (Fsp3) is 0.333. The van der Waals surface area contributed by atoms with Gasteiger partial charge >= 0.3 is 0 Å². The molecule has 1 aliphatic rings. The first kappa shape index (κ1) is 24.9. The van der Waals surface area contributed by atoms with E-state index in [0.29, 0.717) is 30.9 Å². The number of Topliss-reactive ketones (excluding diaryl/α,β-unsaturated/α-hetero) is 1. The van der Waals surface area contributed by atoms with Crippen molar-refractivity contribution in [2.24, 2.45) is 0 Å². The average Bonchev–Trinajstić information content (AvgIpc) is 3.04. The van der Waals surface area contributed by atoms with Gasteiger partial charge in [-0.25, -0.2) is 0 Å². The number of ether oxygens (including phenoxy) is 3. The molecule has 1 atom stereocenters. The Morgan fingerprint density at radius 2 is 1.73 bits per heavy atom. The zero-order valence-electron chi connectivity index (χ0n) is 18.6. The molecule has 7 nitrogen and oxygen atoms in total. The minimum Gasteiger partial charge on any atom is -0.507 e. The van der Waals surface area contributed by atoms with Gasteiger partial charge in [-0.1, -0.05) is 35.3 Å². The number of hydrogen-bond donors (Lipinski definition) is 1. The van der Waals surface area contributed by atoms with Crippen LogP contribution in [0.2, 0.25) is 10.0 Å². The number of methoxy groups -OCH3 is 2. The summed E-state index contributed by atoms with van der Waals surface area (Å²) < 4.78 is 15.7. The van der Waals surface area contributed by atoms with Crippen LogP contribution < -0.4 is 9.47 Å². The van der Waals surface area contributed by atoms with E-state index in [9.17, 15) is 14.7 Å². The van der Waals surface area contributed by atoms with Crippen LogP contribution in [-0.4, -0.2) is 55.7 Å². The largest absolute Gasteiger partial charge is 0.507 e. The second-order valence-corrected chi connectivity index (χ2v) is 8.13. The highest BCUT2D eigenvalue weighted by atomic mass is 35.5. The molecule has 176 valence electrons. The van der Waals surface area contributed by atoms with Crippen LogP contribution in [0, 0.1) is 0 Å². The molecule has 2 aromatic carbocycles. The molecule has 1 N–H and O–H groups in total. The Balaban J connectivity index is 2.13. The van der Waals surface area contributed by atoms with Crippen molar-refractivity contribution in [2.45, 2.75) is 19.4 Å². The minimum atomic E-state index is -0.794. The summed E-state index contributed by atoms with van der Waals surface area (Å²) in [6.45, 7) is 3.08. The summed E-state index contributed by atoms with van der Waals surface area (Å²) in [6, 6.07) is 9.14. The van der Waals surface area contributed by atoms with Gasteiger partial charge in [-0.3, -0.25) is 9.59 Å². The molecule has 1 unspecified atom stereocenters. The van der Waals surface area contributed by atoms with E-state index in [1.807, 2.05) is 6.92 Å². The van der Waals surface area contributed by atoms with E-state index in [-0.39, 0.29) is 39.2 Å². The van der Waals surface area contributed by atoms with Crippen LogP contribution in [0.5, 0.6) is 11.5 Å². The van der Waals surface area contributed by atoms with E-state index in [1.54, 1.807) is 31.4 Å². The number of halogens is 2. The van der Waals surface area contributed by atoms with Crippen molar-refractivity contribution in [3.8, 4) is 11.5 Å². The van der Waals surface area contributed by atoms with Crippen molar-refractivity contribution in [1.29, 1.82) is 0 Å². The molecule has 1 fully saturated rings. The number of carbonyl (C=O) groups is 2. The van der Waals surface area contributed by atoms with Crippen LogP contribution in [0.3, 0.4) is 0 Å². The number of rotatable bonds is 9. The third-order valence-electron chi connectivity index (χ3n) is 5.27. The number of amides is 1. The SMILES string of the molecule is CCOc1ccc(C2/C(=C(\O)c3cc(Cl)c(OC)c(Cl)c3)C(=O)C(=O)N2CCCOC)cc1. The summed E-state index contributed by atoms with van der Waals surface area (Å²) in [7, 11) is 2.99. The van der Waals surface area contributed by atoms with Gasteiger partial charge in [0.25, 0.3) is 11.7 Å². The van der Waals surface area contributed by atoms with E-state index in [1.165, 1.54) is 24.1 Å². The lowest BCUT2D eigenvalue weighted by Crippen LogP contribution is -2.31. The number of hydrogen-bond acceptors (Lipinski definition) is 6. The lowest BCUT2D eigenvalue weighted by molar-refractivity contribution is -0.140. The molecular weight excluding hydrogens is 469 g/mol. The van der Waals surface area contributed by atoms with Gasteiger partial charge in [-0.05, 0) is 43.2 Å². The standard InChI is InChI=1S/C24H25Cl2NO6/c1-4-33-16-8-6-14(7-9-16)20-19(22(29)24(30)27(20)10-5-11-31-2)21(28)15-12-17(25)23(32-3)18(26)13-15/h6-9,12-13,20,28H,4-5,10-11H2,1-3H3/b21-19+. The van der Waals surface area contributed by atoms with Crippen molar-refractivity contribution in [1.82, 2.24) is 4.90 Å². The molecule has 0 bridgehead atoms. The molecule has 0 spiro atoms. The van der Waals surface area contributed by atoms with Crippen molar-refractivity contribution >= 4 is 40.7 Å². The summed E-state index contributed by atoms with van der Waals surface area (Å²) >= 11 is 12.5. The highest BCUT2D eigenvalue weighted by Crippen LogP contribution is 2.42. The zero-order valence-corrected chi connectivity index (χ0v) is 20.1. The van der Waals surface area contributed by atoms with Gasteiger partial charge < -0.3 is 24.2 Å². The van der Waals surface area contributed by atoms with Crippen molar-refractivity contribution in [2.75, 3.05) is 34.0 Å². The number of benzene rings is 2. The number of aliphatic hydroxyl groups excluding tert-OH is 1. The van der Waals surface area contributed by atoms with Gasteiger partial charge in [0.05, 0.1) is 35.4 Å². The number of ketones is 1. The topological polar surface area (TPSA) is 85.3 Å². The maximum atomic E-state index is 13.1. The fourth-order valence-electron chi connectivity index (χ4n) is 3.80. The Labute approximate surface area is 202 Å². The van der Waals surface area contributed by atoms with Gasteiger partial charge in [-0.15, -0.1) is 0 Å². The molecule has 0 saturated carbocycles. The summed E-state index contributed by atoms with van der Waals surface area (Å²) in [6.07, 6.45) is 0.525.